The lowest BCUT2D eigenvalue weighted by Gasteiger charge is -2.40. The summed E-state index contributed by atoms with van der Waals surface area (Å²) in [6, 6.07) is 27.4. The molecule has 3 N–H and O–H groups in total. The fourth-order valence-corrected chi connectivity index (χ4v) is 6.19. The van der Waals surface area contributed by atoms with Gasteiger partial charge in [0.1, 0.15) is 29.9 Å². The SMILES string of the molecule is O=C(O)[C@H]1[C@@H](O)[C@@]2(O)c3ncc(OCc4ccccc4)cc3O[C@@]2(c2ccc(Br)cc2)[C@@H]1c1ccccc1. The van der Waals surface area contributed by atoms with Gasteiger partial charge in [0.25, 0.3) is 0 Å². The van der Waals surface area contributed by atoms with Gasteiger partial charge in [0.15, 0.2) is 11.2 Å². The number of hydrogen-bond acceptors (Lipinski definition) is 6. The predicted octanol–water partition coefficient (Wildman–Crippen LogP) is 4.76. The van der Waals surface area contributed by atoms with E-state index in [-0.39, 0.29) is 11.4 Å². The van der Waals surface area contributed by atoms with Crippen LogP contribution in [0.4, 0.5) is 0 Å². The van der Waals surface area contributed by atoms with Crippen LogP contribution in [0.3, 0.4) is 0 Å². The molecule has 1 aliphatic heterocycles. The number of benzene rings is 3. The standard InChI is InChI=1S/C30H24BrNO6/c31-21-13-11-20(12-14-21)30-25(19-9-5-2-6-10-19)24(28(34)35)27(33)29(30,36)26-23(38-30)15-22(16-32-26)37-17-18-7-3-1-4-8-18/h1-16,24-25,27,33,36H,17H2,(H,34,35)/t24-,25-,27-,29+,30+/m1/s1. The number of aromatic nitrogens is 1. The summed E-state index contributed by atoms with van der Waals surface area (Å²) in [5, 5.41) is 34.3. The molecule has 1 aliphatic carbocycles. The van der Waals surface area contributed by atoms with Crippen molar-refractivity contribution >= 4 is 21.9 Å². The molecule has 0 bridgehead atoms. The molecule has 2 aliphatic rings. The Morgan fingerprint density at radius 1 is 1.00 bits per heavy atom. The molecular formula is C30H24BrNO6. The molecule has 2 heterocycles. The van der Waals surface area contributed by atoms with Crippen molar-refractivity contribution in [2.24, 2.45) is 5.92 Å². The highest BCUT2D eigenvalue weighted by Gasteiger charge is 2.78. The Morgan fingerprint density at radius 2 is 1.66 bits per heavy atom. The van der Waals surface area contributed by atoms with Crippen LogP contribution >= 0.6 is 15.9 Å². The maximum absolute atomic E-state index is 12.6. The van der Waals surface area contributed by atoms with E-state index in [4.69, 9.17) is 9.47 Å². The second kappa shape index (κ2) is 9.23. The van der Waals surface area contributed by atoms with Gasteiger partial charge in [-0.3, -0.25) is 9.78 Å². The Hall–Kier alpha value is -3.72. The van der Waals surface area contributed by atoms with Gasteiger partial charge in [0.2, 0.25) is 0 Å². The molecule has 3 aromatic carbocycles. The number of halogens is 1. The van der Waals surface area contributed by atoms with Crippen LogP contribution in [0.25, 0.3) is 0 Å². The van der Waals surface area contributed by atoms with Gasteiger partial charge in [-0.25, -0.2) is 0 Å². The number of fused-ring (bicyclic) bond motifs is 3. The maximum atomic E-state index is 12.6. The Kier molecular flexibility index (Phi) is 5.98. The topological polar surface area (TPSA) is 109 Å². The number of carbonyl (C=O) groups is 1. The van der Waals surface area contributed by atoms with Crippen molar-refractivity contribution < 1.29 is 29.6 Å². The smallest absolute Gasteiger partial charge is 0.310 e. The molecule has 1 fully saturated rings. The number of pyridine rings is 1. The first-order valence-electron chi connectivity index (χ1n) is 12.2. The van der Waals surface area contributed by atoms with Crippen molar-refractivity contribution in [3.63, 3.8) is 0 Å². The average Bonchev–Trinajstić information content (AvgIpc) is 3.31. The van der Waals surface area contributed by atoms with E-state index in [0.29, 0.717) is 23.5 Å². The minimum atomic E-state index is -2.16. The number of rotatable bonds is 6. The monoisotopic (exact) mass is 573 g/mol. The second-order valence-electron chi connectivity index (χ2n) is 9.60. The molecule has 7 nitrogen and oxygen atoms in total. The molecule has 192 valence electrons. The number of ether oxygens (including phenoxy) is 2. The van der Waals surface area contributed by atoms with Crippen molar-refractivity contribution in [3.8, 4) is 11.5 Å². The van der Waals surface area contributed by atoms with Crippen LogP contribution in [-0.4, -0.2) is 32.4 Å². The molecule has 8 heteroatoms. The fraction of sp³-hybridized carbons (Fsp3) is 0.200. The van der Waals surface area contributed by atoms with Crippen LogP contribution in [0.2, 0.25) is 0 Å². The summed E-state index contributed by atoms with van der Waals surface area (Å²) in [4.78, 5) is 17.1. The van der Waals surface area contributed by atoms with Gasteiger partial charge < -0.3 is 24.8 Å². The zero-order valence-electron chi connectivity index (χ0n) is 20.1. The first-order valence-corrected chi connectivity index (χ1v) is 13.0. The number of carboxylic acids is 1. The molecule has 6 rings (SSSR count). The highest BCUT2D eigenvalue weighted by molar-refractivity contribution is 9.10. The fourth-order valence-electron chi connectivity index (χ4n) is 5.93. The molecule has 0 saturated heterocycles. The first kappa shape index (κ1) is 24.6. The molecular weight excluding hydrogens is 550 g/mol. The van der Waals surface area contributed by atoms with Crippen molar-refractivity contribution in [1.29, 1.82) is 0 Å². The van der Waals surface area contributed by atoms with Gasteiger partial charge in [-0.2, -0.15) is 0 Å². The number of hydrogen-bond donors (Lipinski definition) is 3. The quantitative estimate of drug-likeness (QED) is 0.305. The van der Waals surface area contributed by atoms with Crippen LogP contribution in [0.1, 0.15) is 28.3 Å². The minimum Gasteiger partial charge on any atom is -0.487 e. The number of nitrogens with zero attached hydrogens (tertiary/aromatic N) is 1. The number of aliphatic carboxylic acids is 1. The lowest BCUT2D eigenvalue weighted by molar-refractivity contribution is -0.160. The van der Waals surface area contributed by atoms with Gasteiger partial charge in [-0.15, -0.1) is 0 Å². The van der Waals surface area contributed by atoms with Crippen LogP contribution in [0, 0.1) is 5.92 Å². The van der Waals surface area contributed by atoms with Crippen LogP contribution < -0.4 is 9.47 Å². The Labute approximate surface area is 227 Å². The highest BCUT2D eigenvalue weighted by Crippen LogP contribution is 2.68. The number of carboxylic acid groups (broad SMARTS) is 1. The Balaban J connectivity index is 1.52. The van der Waals surface area contributed by atoms with Crippen LogP contribution in [0.5, 0.6) is 11.5 Å². The van der Waals surface area contributed by atoms with Gasteiger partial charge in [0.05, 0.1) is 12.1 Å². The van der Waals surface area contributed by atoms with E-state index in [1.165, 1.54) is 6.20 Å². The highest BCUT2D eigenvalue weighted by atomic mass is 79.9. The molecule has 38 heavy (non-hydrogen) atoms. The zero-order chi connectivity index (χ0) is 26.5. The van der Waals surface area contributed by atoms with E-state index in [9.17, 15) is 20.1 Å². The van der Waals surface area contributed by atoms with Crippen molar-refractivity contribution in [1.82, 2.24) is 4.98 Å². The third kappa shape index (κ3) is 3.55. The van der Waals surface area contributed by atoms with Gasteiger partial charge >= 0.3 is 5.97 Å². The average molecular weight is 574 g/mol. The van der Waals surface area contributed by atoms with Crippen molar-refractivity contribution in [3.05, 3.63) is 124 Å². The van der Waals surface area contributed by atoms with E-state index < -0.39 is 35.1 Å². The van der Waals surface area contributed by atoms with E-state index in [1.54, 1.807) is 54.6 Å². The van der Waals surface area contributed by atoms with Crippen molar-refractivity contribution in [2.45, 2.75) is 29.8 Å². The third-order valence-corrected chi connectivity index (χ3v) is 8.09. The van der Waals surface area contributed by atoms with Crippen LogP contribution in [-0.2, 0) is 22.6 Å². The minimum absolute atomic E-state index is 0.0738. The predicted molar refractivity (Wildman–Crippen MR) is 142 cm³/mol. The molecule has 0 amide bonds. The summed E-state index contributed by atoms with van der Waals surface area (Å²) in [5.74, 6) is -2.90. The summed E-state index contributed by atoms with van der Waals surface area (Å²) < 4.78 is 13.4. The molecule has 1 saturated carbocycles. The summed E-state index contributed by atoms with van der Waals surface area (Å²) in [7, 11) is 0. The largest absolute Gasteiger partial charge is 0.487 e. The first-order chi connectivity index (χ1) is 18.4. The second-order valence-corrected chi connectivity index (χ2v) is 10.5. The van der Waals surface area contributed by atoms with Crippen molar-refractivity contribution in [2.75, 3.05) is 0 Å². The van der Waals surface area contributed by atoms with Gasteiger partial charge in [-0.05, 0) is 28.8 Å². The molecule has 0 radical (unpaired) electrons. The van der Waals surface area contributed by atoms with Crippen LogP contribution in [0.15, 0.2) is 102 Å². The molecule has 0 spiro atoms. The maximum Gasteiger partial charge on any atom is 0.310 e. The Bertz CT molecular complexity index is 1480. The molecule has 1 aromatic heterocycles. The van der Waals surface area contributed by atoms with E-state index in [1.807, 2.05) is 36.4 Å². The Morgan fingerprint density at radius 3 is 2.32 bits per heavy atom. The number of aliphatic hydroxyl groups excluding tert-OH is 1. The summed E-state index contributed by atoms with van der Waals surface area (Å²) in [5.41, 5.74) is -1.65. The van der Waals surface area contributed by atoms with Gasteiger partial charge in [-0.1, -0.05) is 88.7 Å². The summed E-state index contributed by atoms with van der Waals surface area (Å²) in [6.45, 7) is 0.305. The molecule has 0 unspecified atom stereocenters. The molecule has 4 aromatic rings. The number of aliphatic hydroxyl groups is 2. The zero-order valence-corrected chi connectivity index (χ0v) is 21.7. The van der Waals surface area contributed by atoms with E-state index in [0.717, 1.165) is 10.0 Å². The lowest BCUT2D eigenvalue weighted by atomic mass is 9.71. The van der Waals surface area contributed by atoms with E-state index in [2.05, 4.69) is 20.9 Å². The summed E-state index contributed by atoms with van der Waals surface area (Å²) in [6.07, 6.45) is -0.252. The third-order valence-electron chi connectivity index (χ3n) is 7.56. The molecule has 5 atom stereocenters. The van der Waals surface area contributed by atoms with Gasteiger partial charge in [0, 0.05) is 16.5 Å². The summed E-state index contributed by atoms with van der Waals surface area (Å²) >= 11 is 3.44. The lowest BCUT2D eigenvalue weighted by Crippen LogP contribution is -2.52. The normalized spacial score (nSPS) is 27.3. The van der Waals surface area contributed by atoms with E-state index >= 15 is 0 Å².